The van der Waals surface area contributed by atoms with Crippen LogP contribution in [-0.2, 0) is 14.3 Å². The average molecular weight is 436 g/mol. The van der Waals surface area contributed by atoms with E-state index in [4.69, 9.17) is 4.74 Å². The molecule has 2 amide bonds. The first kappa shape index (κ1) is 22.1. The number of hydrogen-bond donors (Lipinski definition) is 2. The van der Waals surface area contributed by atoms with Crippen LogP contribution in [0.2, 0.25) is 0 Å². The number of carbonyl (C=O) groups excluding carboxylic acids is 3. The highest BCUT2D eigenvalue weighted by Crippen LogP contribution is 2.36. The van der Waals surface area contributed by atoms with Gasteiger partial charge in [0.1, 0.15) is 0 Å². The number of benzene rings is 2. The fourth-order valence-corrected chi connectivity index (χ4v) is 4.12. The molecule has 0 aromatic heterocycles. The van der Waals surface area contributed by atoms with Gasteiger partial charge in [0.05, 0.1) is 35.1 Å². The molecule has 0 saturated heterocycles. The van der Waals surface area contributed by atoms with Gasteiger partial charge in [-0.25, -0.2) is 4.79 Å². The Hall–Kier alpha value is -3.57. The van der Waals surface area contributed by atoms with Crippen molar-refractivity contribution < 1.29 is 19.1 Å². The summed E-state index contributed by atoms with van der Waals surface area (Å²) in [5.41, 5.74) is 3.23. The molecule has 0 aliphatic carbocycles. The fraction of sp³-hybridized carbons (Fsp3) is 0.217. The molecule has 158 valence electrons. The van der Waals surface area contributed by atoms with Crippen LogP contribution in [-0.4, -0.2) is 30.6 Å². The third-order valence-electron chi connectivity index (χ3n) is 4.74. The van der Waals surface area contributed by atoms with Gasteiger partial charge in [-0.15, -0.1) is 0 Å². The average Bonchev–Trinajstić information content (AvgIpc) is 2.77. The number of allylic oxidation sites excluding steroid dienone is 1. The molecule has 3 rings (SSSR count). The topological polar surface area (TPSA) is 108 Å². The summed E-state index contributed by atoms with van der Waals surface area (Å²) in [5, 5.41) is 15.6. The van der Waals surface area contributed by atoms with E-state index >= 15 is 0 Å². The molecule has 0 radical (unpaired) electrons. The lowest BCUT2D eigenvalue weighted by molar-refractivity contribution is -0.121. The van der Waals surface area contributed by atoms with Gasteiger partial charge in [0.2, 0.25) is 11.8 Å². The molecule has 1 heterocycles. The van der Waals surface area contributed by atoms with Crippen LogP contribution in [0.25, 0.3) is 0 Å². The van der Waals surface area contributed by atoms with Crippen molar-refractivity contribution in [3.63, 3.8) is 0 Å². The van der Waals surface area contributed by atoms with Gasteiger partial charge in [-0.05, 0) is 42.3 Å². The first-order chi connectivity index (χ1) is 14.9. The third kappa shape index (κ3) is 5.53. The number of esters is 1. The number of nitrogens with one attached hydrogen (secondary N) is 2. The maximum Gasteiger partial charge on any atom is 0.337 e. The number of anilines is 1. The molecule has 0 saturated carbocycles. The number of methoxy groups -OCH3 is 1. The third-order valence-corrected chi connectivity index (χ3v) is 5.76. The Morgan fingerprint density at radius 1 is 1.26 bits per heavy atom. The minimum Gasteiger partial charge on any atom is -0.465 e. The van der Waals surface area contributed by atoms with Crippen LogP contribution in [0.3, 0.4) is 0 Å². The van der Waals surface area contributed by atoms with E-state index in [1.54, 1.807) is 30.3 Å². The van der Waals surface area contributed by atoms with Crippen molar-refractivity contribution >= 4 is 35.2 Å². The standard InChI is InChI=1S/C23H21N3O4S/c1-14-4-3-5-17(10-14)25-21(28)13-31-22-19(12-24)18(11-20(27)26-22)15-6-8-16(9-7-15)23(29)30-2/h3-10,18H,11,13H2,1-2H3,(H,25,28)(H,26,27)/t18-/m0/s1. The molecule has 1 aliphatic rings. The van der Waals surface area contributed by atoms with Crippen molar-refractivity contribution in [2.75, 3.05) is 18.2 Å². The van der Waals surface area contributed by atoms with Gasteiger partial charge in [-0.1, -0.05) is 36.0 Å². The number of amides is 2. The number of ether oxygens (including phenoxy) is 1. The highest BCUT2D eigenvalue weighted by Gasteiger charge is 2.30. The normalized spacial score (nSPS) is 15.6. The summed E-state index contributed by atoms with van der Waals surface area (Å²) >= 11 is 1.11. The number of hydrogen-bond acceptors (Lipinski definition) is 6. The van der Waals surface area contributed by atoms with Gasteiger partial charge in [0.15, 0.2) is 0 Å². The molecule has 2 aromatic rings. The number of nitriles is 1. The molecule has 0 fully saturated rings. The minimum atomic E-state index is -0.458. The second-order valence-electron chi connectivity index (χ2n) is 6.98. The van der Waals surface area contributed by atoms with Gasteiger partial charge >= 0.3 is 5.97 Å². The quantitative estimate of drug-likeness (QED) is 0.673. The summed E-state index contributed by atoms with van der Waals surface area (Å²) in [4.78, 5) is 36.2. The first-order valence-electron chi connectivity index (χ1n) is 9.53. The lowest BCUT2D eigenvalue weighted by Gasteiger charge is -2.25. The molecule has 0 unspecified atom stereocenters. The van der Waals surface area contributed by atoms with Gasteiger partial charge in [0, 0.05) is 18.0 Å². The molecule has 2 aromatic carbocycles. The SMILES string of the molecule is COC(=O)c1ccc([C@@H]2CC(=O)NC(SCC(=O)Nc3cccc(C)c3)=C2C#N)cc1. The molecule has 7 nitrogen and oxygen atoms in total. The number of carbonyl (C=O) groups is 3. The van der Waals surface area contributed by atoms with E-state index < -0.39 is 11.9 Å². The molecule has 0 bridgehead atoms. The summed E-state index contributed by atoms with van der Waals surface area (Å²) in [7, 11) is 1.30. The van der Waals surface area contributed by atoms with Crippen molar-refractivity contribution in [2.45, 2.75) is 19.3 Å². The molecule has 0 spiro atoms. The highest BCUT2D eigenvalue weighted by atomic mass is 32.2. The second kappa shape index (κ2) is 9.96. The Balaban J connectivity index is 1.75. The molecule has 8 heteroatoms. The Morgan fingerprint density at radius 2 is 2.00 bits per heavy atom. The van der Waals surface area contributed by atoms with Crippen LogP contribution in [0.15, 0.2) is 59.1 Å². The fourth-order valence-electron chi connectivity index (χ4n) is 3.24. The monoisotopic (exact) mass is 435 g/mol. The maximum absolute atomic E-state index is 12.3. The first-order valence-corrected chi connectivity index (χ1v) is 10.5. The second-order valence-corrected chi connectivity index (χ2v) is 7.97. The number of aryl methyl sites for hydroxylation is 1. The molecular formula is C23H21N3O4S. The predicted octanol–water partition coefficient (Wildman–Crippen LogP) is 3.49. The van der Waals surface area contributed by atoms with Gasteiger partial charge in [-0.3, -0.25) is 9.59 Å². The van der Waals surface area contributed by atoms with Crippen molar-refractivity contribution in [3.8, 4) is 6.07 Å². The Morgan fingerprint density at radius 3 is 2.65 bits per heavy atom. The van der Waals surface area contributed by atoms with Crippen LogP contribution >= 0.6 is 11.8 Å². The molecular weight excluding hydrogens is 414 g/mol. The maximum atomic E-state index is 12.3. The largest absolute Gasteiger partial charge is 0.465 e. The summed E-state index contributed by atoms with van der Waals surface area (Å²) in [6.07, 6.45) is 0.111. The predicted molar refractivity (Wildman–Crippen MR) is 118 cm³/mol. The van der Waals surface area contributed by atoms with E-state index in [0.717, 1.165) is 22.9 Å². The van der Waals surface area contributed by atoms with Crippen molar-refractivity contribution in [1.29, 1.82) is 5.26 Å². The van der Waals surface area contributed by atoms with Gasteiger partial charge in [0.25, 0.3) is 0 Å². The van der Waals surface area contributed by atoms with Crippen LogP contribution < -0.4 is 10.6 Å². The summed E-state index contributed by atoms with van der Waals surface area (Å²) < 4.78 is 4.70. The van der Waals surface area contributed by atoms with Crippen molar-refractivity contribution in [1.82, 2.24) is 5.32 Å². The lowest BCUT2D eigenvalue weighted by atomic mass is 9.87. The van der Waals surface area contributed by atoms with Gasteiger partial charge < -0.3 is 15.4 Å². The van der Waals surface area contributed by atoms with E-state index in [1.807, 2.05) is 25.1 Å². The molecule has 1 atom stereocenters. The minimum absolute atomic E-state index is 0.0444. The number of thioether (sulfide) groups is 1. The Kier molecular flexibility index (Phi) is 7.11. The molecule has 2 N–H and O–H groups in total. The number of nitrogens with zero attached hydrogens (tertiary/aromatic N) is 1. The van der Waals surface area contributed by atoms with Crippen molar-refractivity contribution in [3.05, 3.63) is 75.8 Å². The summed E-state index contributed by atoms with van der Waals surface area (Å²) in [6.45, 7) is 1.93. The van der Waals surface area contributed by atoms with E-state index in [9.17, 15) is 19.6 Å². The van der Waals surface area contributed by atoms with Crippen LogP contribution in [0.4, 0.5) is 5.69 Å². The van der Waals surface area contributed by atoms with Crippen LogP contribution in [0.1, 0.15) is 33.8 Å². The zero-order valence-corrected chi connectivity index (χ0v) is 17.9. The zero-order chi connectivity index (χ0) is 22.4. The lowest BCUT2D eigenvalue weighted by Crippen LogP contribution is -2.31. The number of rotatable bonds is 6. The Bertz CT molecular complexity index is 1090. The van der Waals surface area contributed by atoms with Gasteiger partial charge in [-0.2, -0.15) is 5.26 Å². The van der Waals surface area contributed by atoms with Crippen LogP contribution in [0, 0.1) is 18.3 Å². The van der Waals surface area contributed by atoms with E-state index in [1.165, 1.54) is 7.11 Å². The highest BCUT2D eigenvalue weighted by molar-refractivity contribution is 8.03. The van der Waals surface area contributed by atoms with E-state index in [2.05, 4.69) is 16.7 Å². The Labute approximate surface area is 184 Å². The molecule has 1 aliphatic heterocycles. The zero-order valence-electron chi connectivity index (χ0n) is 17.1. The van der Waals surface area contributed by atoms with E-state index in [0.29, 0.717) is 21.9 Å². The smallest absolute Gasteiger partial charge is 0.337 e. The van der Waals surface area contributed by atoms with Crippen LogP contribution in [0.5, 0.6) is 0 Å². The summed E-state index contributed by atoms with van der Waals surface area (Å²) in [6, 6.07) is 16.2. The van der Waals surface area contributed by atoms with E-state index in [-0.39, 0.29) is 24.0 Å². The van der Waals surface area contributed by atoms with Crippen molar-refractivity contribution in [2.24, 2.45) is 0 Å². The summed E-state index contributed by atoms with van der Waals surface area (Å²) in [5.74, 6) is -1.34. The molecule has 31 heavy (non-hydrogen) atoms.